The minimum absolute atomic E-state index is 0.188. The molecule has 1 fully saturated rings. The summed E-state index contributed by atoms with van der Waals surface area (Å²) in [7, 11) is 0. The molecule has 0 aliphatic heterocycles. The van der Waals surface area contributed by atoms with Gasteiger partial charge in [-0.3, -0.25) is 0 Å². The van der Waals surface area contributed by atoms with Crippen LogP contribution in [0, 0.1) is 13.8 Å². The average molecular weight is 315 g/mol. The Hall–Kier alpha value is -0.570. The van der Waals surface area contributed by atoms with E-state index in [2.05, 4.69) is 15.9 Å². The number of halogens is 2. The van der Waals surface area contributed by atoms with Crippen LogP contribution in [-0.2, 0) is 0 Å². The van der Waals surface area contributed by atoms with E-state index in [-0.39, 0.29) is 6.61 Å². The highest BCUT2D eigenvalue weighted by Crippen LogP contribution is 2.33. The molecule has 1 nitrogen and oxygen atoms in total. The molecule has 0 unspecified atom stereocenters. The molecule has 0 radical (unpaired) electrons. The second-order valence-corrected chi connectivity index (χ2v) is 6.16. The molecule has 0 aromatic heterocycles. The first-order valence-corrected chi connectivity index (χ1v) is 7.38. The van der Waals surface area contributed by atoms with Crippen molar-refractivity contribution in [2.45, 2.75) is 51.6 Å². The summed E-state index contributed by atoms with van der Waals surface area (Å²) < 4.78 is 21.2. The molecule has 0 heterocycles. The standard InChI is InChI=1S/C15H20BrFO/c1-11-8-13(9-12(2)14(11)16)18-10-15(17)6-4-3-5-7-15/h8-9H,3-7,10H2,1-2H3. The first-order valence-electron chi connectivity index (χ1n) is 6.59. The van der Waals surface area contributed by atoms with E-state index in [0.717, 1.165) is 40.6 Å². The largest absolute Gasteiger partial charge is 0.490 e. The fourth-order valence-electron chi connectivity index (χ4n) is 2.53. The first kappa shape index (κ1) is 13.9. The van der Waals surface area contributed by atoms with Crippen molar-refractivity contribution in [2.75, 3.05) is 6.61 Å². The third-order valence-corrected chi connectivity index (χ3v) is 4.91. The highest BCUT2D eigenvalue weighted by Gasteiger charge is 2.32. The average Bonchev–Trinajstić information content (AvgIpc) is 2.34. The number of aryl methyl sites for hydroxylation is 2. The van der Waals surface area contributed by atoms with Crippen molar-refractivity contribution in [1.29, 1.82) is 0 Å². The van der Waals surface area contributed by atoms with Gasteiger partial charge in [0.15, 0.2) is 0 Å². The van der Waals surface area contributed by atoms with Crippen LogP contribution in [0.4, 0.5) is 4.39 Å². The zero-order valence-corrected chi connectivity index (χ0v) is 12.6. The Labute approximate surface area is 117 Å². The molecule has 100 valence electrons. The monoisotopic (exact) mass is 314 g/mol. The molecule has 1 saturated carbocycles. The van der Waals surface area contributed by atoms with Crippen LogP contribution in [0.3, 0.4) is 0 Å². The number of rotatable bonds is 3. The number of hydrogen-bond donors (Lipinski definition) is 0. The van der Waals surface area contributed by atoms with E-state index >= 15 is 0 Å². The second kappa shape index (κ2) is 5.60. The second-order valence-electron chi connectivity index (χ2n) is 5.37. The van der Waals surface area contributed by atoms with Gasteiger partial charge in [-0.2, -0.15) is 0 Å². The minimum atomic E-state index is -1.12. The SMILES string of the molecule is Cc1cc(OCC2(F)CCCCC2)cc(C)c1Br. The van der Waals surface area contributed by atoms with Crippen molar-refractivity contribution in [1.82, 2.24) is 0 Å². The van der Waals surface area contributed by atoms with Gasteiger partial charge in [-0.05, 0) is 49.9 Å². The molecular weight excluding hydrogens is 295 g/mol. The van der Waals surface area contributed by atoms with Crippen LogP contribution >= 0.6 is 15.9 Å². The van der Waals surface area contributed by atoms with Crippen LogP contribution in [0.25, 0.3) is 0 Å². The Balaban J connectivity index is 2.01. The Morgan fingerprint density at radius 2 is 1.72 bits per heavy atom. The van der Waals surface area contributed by atoms with E-state index in [0.29, 0.717) is 12.8 Å². The number of alkyl halides is 1. The molecule has 1 aliphatic carbocycles. The lowest BCUT2D eigenvalue weighted by Gasteiger charge is -2.29. The lowest BCUT2D eigenvalue weighted by molar-refractivity contribution is 0.0475. The Bertz CT molecular complexity index is 401. The van der Waals surface area contributed by atoms with E-state index in [1.165, 1.54) is 0 Å². The van der Waals surface area contributed by atoms with Gasteiger partial charge in [-0.15, -0.1) is 0 Å². The van der Waals surface area contributed by atoms with Crippen molar-refractivity contribution in [3.05, 3.63) is 27.7 Å². The van der Waals surface area contributed by atoms with Gasteiger partial charge >= 0.3 is 0 Å². The van der Waals surface area contributed by atoms with Gasteiger partial charge in [0.2, 0.25) is 0 Å². The van der Waals surface area contributed by atoms with Crippen molar-refractivity contribution in [3.63, 3.8) is 0 Å². The van der Waals surface area contributed by atoms with Crippen LogP contribution in [-0.4, -0.2) is 12.3 Å². The molecule has 3 heteroatoms. The maximum atomic E-state index is 14.4. The molecule has 0 atom stereocenters. The Morgan fingerprint density at radius 1 is 1.17 bits per heavy atom. The highest BCUT2D eigenvalue weighted by atomic mass is 79.9. The Kier molecular flexibility index (Phi) is 4.31. The number of ether oxygens (including phenoxy) is 1. The van der Waals surface area contributed by atoms with Crippen LogP contribution < -0.4 is 4.74 Å². The van der Waals surface area contributed by atoms with E-state index in [4.69, 9.17) is 4.74 Å². The predicted molar refractivity (Wildman–Crippen MR) is 76.0 cm³/mol. The fraction of sp³-hybridized carbons (Fsp3) is 0.600. The quantitative estimate of drug-likeness (QED) is 0.752. The van der Waals surface area contributed by atoms with Crippen LogP contribution in [0.1, 0.15) is 43.2 Å². The third-order valence-electron chi connectivity index (χ3n) is 3.66. The van der Waals surface area contributed by atoms with Gasteiger partial charge in [-0.1, -0.05) is 35.2 Å². The summed E-state index contributed by atoms with van der Waals surface area (Å²) in [4.78, 5) is 0. The summed E-state index contributed by atoms with van der Waals surface area (Å²) in [5, 5.41) is 0. The summed E-state index contributed by atoms with van der Waals surface area (Å²) in [6.45, 7) is 4.24. The molecule has 0 amide bonds. The van der Waals surface area contributed by atoms with Gasteiger partial charge in [-0.25, -0.2) is 4.39 Å². The van der Waals surface area contributed by atoms with E-state index < -0.39 is 5.67 Å². The van der Waals surface area contributed by atoms with Crippen LogP contribution in [0.5, 0.6) is 5.75 Å². The molecular formula is C15H20BrFO. The van der Waals surface area contributed by atoms with Gasteiger partial charge in [0.1, 0.15) is 18.0 Å². The van der Waals surface area contributed by atoms with Crippen molar-refractivity contribution < 1.29 is 9.13 Å². The van der Waals surface area contributed by atoms with Gasteiger partial charge in [0, 0.05) is 4.47 Å². The molecule has 0 bridgehead atoms. The third kappa shape index (κ3) is 3.25. The highest BCUT2D eigenvalue weighted by molar-refractivity contribution is 9.10. The van der Waals surface area contributed by atoms with Gasteiger partial charge in [0.25, 0.3) is 0 Å². The van der Waals surface area contributed by atoms with Crippen molar-refractivity contribution in [3.8, 4) is 5.75 Å². The molecule has 0 saturated heterocycles. The molecule has 0 N–H and O–H groups in total. The smallest absolute Gasteiger partial charge is 0.144 e. The molecule has 1 aromatic carbocycles. The molecule has 1 aliphatic rings. The first-order chi connectivity index (χ1) is 8.50. The van der Waals surface area contributed by atoms with E-state index in [1.54, 1.807) is 0 Å². The van der Waals surface area contributed by atoms with Crippen molar-refractivity contribution >= 4 is 15.9 Å². The lowest BCUT2D eigenvalue weighted by Crippen LogP contribution is -2.33. The molecule has 2 rings (SSSR count). The summed E-state index contributed by atoms with van der Waals surface area (Å²) >= 11 is 3.52. The Morgan fingerprint density at radius 3 is 2.28 bits per heavy atom. The van der Waals surface area contributed by atoms with Crippen molar-refractivity contribution in [2.24, 2.45) is 0 Å². The summed E-state index contributed by atoms with van der Waals surface area (Å²) in [6.07, 6.45) is 4.40. The fourth-order valence-corrected chi connectivity index (χ4v) is 2.76. The molecule has 0 spiro atoms. The molecule has 18 heavy (non-hydrogen) atoms. The summed E-state index contributed by atoms with van der Waals surface area (Å²) in [5.41, 5.74) is 1.13. The number of benzene rings is 1. The molecule has 1 aromatic rings. The van der Waals surface area contributed by atoms with Crippen LogP contribution in [0.2, 0.25) is 0 Å². The zero-order valence-electron chi connectivity index (χ0n) is 11.1. The minimum Gasteiger partial charge on any atom is -0.490 e. The topological polar surface area (TPSA) is 9.23 Å². The van der Waals surface area contributed by atoms with E-state index in [9.17, 15) is 4.39 Å². The van der Waals surface area contributed by atoms with Gasteiger partial charge < -0.3 is 4.74 Å². The lowest BCUT2D eigenvalue weighted by atomic mass is 9.87. The maximum absolute atomic E-state index is 14.4. The van der Waals surface area contributed by atoms with E-state index in [1.807, 2.05) is 26.0 Å². The number of hydrogen-bond acceptors (Lipinski definition) is 1. The van der Waals surface area contributed by atoms with Crippen LogP contribution in [0.15, 0.2) is 16.6 Å². The normalized spacial score (nSPS) is 18.7. The summed E-state index contributed by atoms with van der Waals surface area (Å²) in [6, 6.07) is 3.92. The predicted octanol–water partition coefficient (Wildman–Crippen LogP) is 5.12. The zero-order chi connectivity index (χ0) is 13.2. The summed E-state index contributed by atoms with van der Waals surface area (Å²) in [5.74, 6) is 0.774. The maximum Gasteiger partial charge on any atom is 0.144 e. The van der Waals surface area contributed by atoms with Gasteiger partial charge in [0.05, 0.1) is 0 Å².